The monoisotopic (exact) mass is 313 g/mol. The first-order valence-corrected chi connectivity index (χ1v) is 8.15. The molecule has 1 saturated carbocycles. The highest BCUT2D eigenvalue weighted by Gasteiger charge is 2.63. The van der Waals surface area contributed by atoms with Gasteiger partial charge >= 0.3 is 5.97 Å². The number of carboxylic acids is 1. The Labute approximate surface area is 136 Å². The minimum absolute atomic E-state index is 0.132. The van der Waals surface area contributed by atoms with Crippen molar-refractivity contribution >= 4 is 5.97 Å². The lowest BCUT2D eigenvalue weighted by Gasteiger charge is -2.14. The van der Waals surface area contributed by atoms with Crippen molar-refractivity contribution in [3.05, 3.63) is 48.5 Å². The first-order valence-electron chi connectivity index (χ1n) is 8.15. The van der Waals surface area contributed by atoms with Crippen LogP contribution in [0, 0.1) is 11.8 Å². The summed E-state index contributed by atoms with van der Waals surface area (Å²) in [5, 5.41) is 9.79. The molecule has 3 rings (SSSR count). The fourth-order valence-corrected chi connectivity index (χ4v) is 3.43. The molecular formula is C18H23N3O2. The maximum absolute atomic E-state index is 11.9. The van der Waals surface area contributed by atoms with Crippen molar-refractivity contribution in [1.29, 1.82) is 0 Å². The Morgan fingerprint density at radius 1 is 1.48 bits per heavy atom. The third kappa shape index (κ3) is 2.77. The molecule has 3 unspecified atom stereocenters. The van der Waals surface area contributed by atoms with E-state index in [2.05, 4.69) is 11.9 Å². The lowest BCUT2D eigenvalue weighted by Crippen LogP contribution is -2.25. The number of hydrogen-bond donors (Lipinski definition) is 2. The van der Waals surface area contributed by atoms with Gasteiger partial charge in [0.25, 0.3) is 0 Å². The van der Waals surface area contributed by atoms with Gasteiger partial charge in [-0.3, -0.25) is 4.79 Å². The van der Waals surface area contributed by atoms with Gasteiger partial charge in [0.2, 0.25) is 0 Å². The van der Waals surface area contributed by atoms with E-state index in [4.69, 9.17) is 5.73 Å². The van der Waals surface area contributed by atoms with Crippen molar-refractivity contribution in [3.8, 4) is 5.69 Å². The summed E-state index contributed by atoms with van der Waals surface area (Å²) >= 11 is 0. The molecule has 0 bridgehead atoms. The maximum atomic E-state index is 11.9. The van der Waals surface area contributed by atoms with Crippen molar-refractivity contribution in [2.45, 2.75) is 31.6 Å². The second-order valence-electron chi connectivity index (χ2n) is 6.42. The summed E-state index contributed by atoms with van der Waals surface area (Å²) < 4.78 is 1.88. The van der Waals surface area contributed by atoms with Gasteiger partial charge in [-0.25, -0.2) is 4.98 Å². The van der Waals surface area contributed by atoms with Crippen LogP contribution < -0.4 is 5.73 Å². The van der Waals surface area contributed by atoms with Crippen LogP contribution in [0.3, 0.4) is 0 Å². The predicted octanol–water partition coefficient (Wildman–Crippen LogP) is 2.59. The Bertz CT molecular complexity index is 679. The van der Waals surface area contributed by atoms with Crippen LogP contribution in [0.5, 0.6) is 0 Å². The molecule has 2 aromatic rings. The number of carbonyl (C=O) groups is 1. The summed E-state index contributed by atoms with van der Waals surface area (Å²) in [6.45, 7) is 2.72. The number of nitrogens with zero attached hydrogens (tertiary/aromatic N) is 2. The zero-order valence-electron chi connectivity index (χ0n) is 13.4. The van der Waals surface area contributed by atoms with Gasteiger partial charge < -0.3 is 15.4 Å². The van der Waals surface area contributed by atoms with Gasteiger partial charge in [-0.1, -0.05) is 31.5 Å². The molecule has 1 fully saturated rings. The third-order valence-electron chi connectivity index (χ3n) is 5.11. The molecule has 1 aliphatic carbocycles. The van der Waals surface area contributed by atoms with Crippen LogP contribution in [0.15, 0.2) is 42.9 Å². The zero-order valence-corrected chi connectivity index (χ0v) is 13.4. The Hall–Kier alpha value is -2.14. The van der Waals surface area contributed by atoms with Crippen LogP contribution in [0.25, 0.3) is 5.69 Å². The summed E-state index contributed by atoms with van der Waals surface area (Å²) in [6, 6.07) is 9.81. The average Bonchev–Trinajstić information content (AvgIpc) is 3.09. The second kappa shape index (κ2) is 6.16. The zero-order chi connectivity index (χ0) is 16.4. The minimum atomic E-state index is -0.831. The van der Waals surface area contributed by atoms with E-state index in [0.717, 1.165) is 18.5 Å². The molecule has 1 heterocycles. The highest BCUT2D eigenvalue weighted by molar-refractivity contribution is 5.85. The standard InChI is InChI=1S/C18H23N3O2/c1-2-13(10-19)8-14-9-18(14,17(22)23)16-11-21(12-20-16)15-6-4-3-5-7-15/h3-7,11-14H,2,8-10,19H2,1H3,(H,22,23). The Balaban J connectivity index is 1.84. The van der Waals surface area contributed by atoms with E-state index in [0.29, 0.717) is 24.6 Å². The van der Waals surface area contributed by atoms with Gasteiger partial charge in [0.05, 0.1) is 12.0 Å². The minimum Gasteiger partial charge on any atom is -0.481 e. The topological polar surface area (TPSA) is 81.1 Å². The molecule has 5 nitrogen and oxygen atoms in total. The normalized spacial score (nSPS) is 24.3. The van der Waals surface area contributed by atoms with Crippen molar-refractivity contribution in [3.63, 3.8) is 0 Å². The maximum Gasteiger partial charge on any atom is 0.316 e. The van der Waals surface area contributed by atoms with E-state index in [-0.39, 0.29) is 5.92 Å². The number of hydrogen-bond acceptors (Lipinski definition) is 3. The van der Waals surface area contributed by atoms with Gasteiger partial charge in [-0.05, 0) is 43.4 Å². The molecular weight excluding hydrogens is 290 g/mol. The number of benzene rings is 1. The van der Waals surface area contributed by atoms with Crippen molar-refractivity contribution in [1.82, 2.24) is 9.55 Å². The van der Waals surface area contributed by atoms with Gasteiger partial charge in [-0.15, -0.1) is 0 Å². The summed E-state index contributed by atoms with van der Waals surface area (Å²) in [4.78, 5) is 16.3. The first-order chi connectivity index (χ1) is 11.1. The summed E-state index contributed by atoms with van der Waals surface area (Å²) in [6.07, 6.45) is 6.06. The Kier molecular flexibility index (Phi) is 4.22. The number of para-hydroxylation sites is 1. The van der Waals surface area contributed by atoms with Crippen molar-refractivity contribution in [2.75, 3.05) is 6.54 Å². The Morgan fingerprint density at radius 2 is 2.22 bits per heavy atom. The SMILES string of the molecule is CCC(CN)CC1CC1(C(=O)O)c1cn(-c2ccccc2)cn1. The van der Waals surface area contributed by atoms with Crippen LogP contribution in [-0.2, 0) is 10.2 Å². The van der Waals surface area contributed by atoms with Crippen LogP contribution >= 0.6 is 0 Å². The molecule has 1 aliphatic rings. The van der Waals surface area contributed by atoms with E-state index in [1.165, 1.54) is 0 Å². The van der Waals surface area contributed by atoms with Gasteiger partial charge in [0.1, 0.15) is 5.41 Å². The van der Waals surface area contributed by atoms with Crippen LogP contribution in [0.4, 0.5) is 0 Å². The van der Waals surface area contributed by atoms with Crippen LogP contribution in [0.1, 0.15) is 31.9 Å². The van der Waals surface area contributed by atoms with E-state index in [1.54, 1.807) is 6.33 Å². The molecule has 1 aromatic heterocycles. The van der Waals surface area contributed by atoms with E-state index < -0.39 is 11.4 Å². The lowest BCUT2D eigenvalue weighted by atomic mass is 9.92. The average molecular weight is 313 g/mol. The molecule has 1 aromatic carbocycles. The highest BCUT2D eigenvalue weighted by Crippen LogP contribution is 2.57. The summed E-state index contributed by atoms with van der Waals surface area (Å²) in [7, 11) is 0. The largest absolute Gasteiger partial charge is 0.481 e. The smallest absolute Gasteiger partial charge is 0.316 e. The van der Waals surface area contributed by atoms with Crippen molar-refractivity contribution < 1.29 is 9.90 Å². The molecule has 0 amide bonds. The second-order valence-corrected chi connectivity index (χ2v) is 6.42. The van der Waals surface area contributed by atoms with E-state index in [1.807, 2.05) is 41.1 Å². The van der Waals surface area contributed by atoms with Crippen molar-refractivity contribution in [2.24, 2.45) is 17.6 Å². The quantitative estimate of drug-likeness (QED) is 0.823. The lowest BCUT2D eigenvalue weighted by molar-refractivity contribution is -0.140. The highest BCUT2D eigenvalue weighted by atomic mass is 16.4. The molecule has 0 saturated heterocycles. The number of carboxylic acid groups (broad SMARTS) is 1. The number of aromatic nitrogens is 2. The summed E-state index contributed by atoms with van der Waals surface area (Å²) in [5.41, 5.74) is 6.59. The predicted molar refractivity (Wildman–Crippen MR) is 88.4 cm³/mol. The van der Waals surface area contributed by atoms with Gasteiger partial charge in [0.15, 0.2) is 0 Å². The molecule has 23 heavy (non-hydrogen) atoms. The van der Waals surface area contributed by atoms with Gasteiger partial charge in [-0.2, -0.15) is 0 Å². The number of rotatable bonds is 7. The van der Waals surface area contributed by atoms with E-state index in [9.17, 15) is 9.90 Å². The molecule has 122 valence electrons. The molecule has 3 N–H and O–H groups in total. The van der Waals surface area contributed by atoms with Crippen LogP contribution in [0.2, 0.25) is 0 Å². The van der Waals surface area contributed by atoms with Gasteiger partial charge in [0, 0.05) is 11.9 Å². The molecule has 0 spiro atoms. The van der Waals surface area contributed by atoms with Crippen LogP contribution in [-0.4, -0.2) is 27.2 Å². The number of nitrogens with two attached hydrogens (primary N) is 1. The first kappa shape index (κ1) is 15.7. The Morgan fingerprint density at radius 3 is 2.83 bits per heavy atom. The summed E-state index contributed by atoms with van der Waals surface area (Å²) in [5.74, 6) is -0.252. The number of imidazole rings is 1. The molecule has 3 atom stereocenters. The fourth-order valence-electron chi connectivity index (χ4n) is 3.43. The molecule has 0 aliphatic heterocycles. The fraction of sp³-hybridized carbons (Fsp3) is 0.444. The molecule has 5 heteroatoms. The number of aliphatic carboxylic acids is 1. The third-order valence-corrected chi connectivity index (χ3v) is 5.11. The molecule has 0 radical (unpaired) electrons. The van der Waals surface area contributed by atoms with E-state index >= 15 is 0 Å².